The van der Waals surface area contributed by atoms with Crippen molar-refractivity contribution in [3.63, 3.8) is 0 Å². The standard InChI is InChI=1S/C22H21Cl2IN4OS2/c1-3-8-29-20(12-31-11-15-4-6-17(23)18(24)10-15)27-28-22(29)32-13-21(30)26-19-7-5-16(25)9-14(19)2/h3-7,9-10H,1,8,11-13H2,2H3,(H,26,30). The number of carbonyl (C=O) groups excluding carboxylic acids is 1. The summed E-state index contributed by atoms with van der Waals surface area (Å²) in [5.41, 5.74) is 2.95. The number of aromatic nitrogens is 3. The van der Waals surface area contributed by atoms with Gasteiger partial charge >= 0.3 is 0 Å². The van der Waals surface area contributed by atoms with Gasteiger partial charge in [-0.05, 0) is 71.0 Å². The molecule has 0 bridgehead atoms. The van der Waals surface area contributed by atoms with E-state index in [-0.39, 0.29) is 11.7 Å². The number of thioether (sulfide) groups is 2. The first-order valence-electron chi connectivity index (χ1n) is 9.61. The maximum atomic E-state index is 12.4. The Morgan fingerprint density at radius 3 is 2.72 bits per heavy atom. The number of halogens is 3. The molecule has 3 rings (SSSR count). The Hall–Kier alpha value is -1.20. The van der Waals surface area contributed by atoms with Crippen molar-refractivity contribution in [2.24, 2.45) is 0 Å². The summed E-state index contributed by atoms with van der Waals surface area (Å²) < 4.78 is 3.12. The van der Waals surface area contributed by atoms with Crippen LogP contribution in [0.3, 0.4) is 0 Å². The number of hydrogen-bond donors (Lipinski definition) is 1. The van der Waals surface area contributed by atoms with E-state index in [2.05, 4.69) is 44.7 Å². The van der Waals surface area contributed by atoms with E-state index in [9.17, 15) is 4.79 Å². The minimum Gasteiger partial charge on any atom is -0.325 e. The second-order valence-corrected chi connectivity index (χ2v) is 10.8. The molecule has 1 aromatic heterocycles. The summed E-state index contributed by atoms with van der Waals surface area (Å²) >= 11 is 17.4. The highest BCUT2D eigenvalue weighted by molar-refractivity contribution is 14.1. The molecule has 0 radical (unpaired) electrons. The summed E-state index contributed by atoms with van der Waals surface area (Å²) in [4.78, 5) is 12.4. The van der Waals surface area contributed by atoms with Gasteiger partial charge in [0.15, 0.2) is 5.16 Å². The molecule has 1 heterocycles. The average Bonchev–Trinajstić information content (AvgIpc) is 3.13. The number of anilines is 1. The van der Waals surface area contributed by atoms with Gasteiger partial charge in [-0.3, -0.25) is 4.79 Å². The van der Waals surface area contributed by atoms with Crippen molar-refractivity contribution in [3.05, 3.63) is 79.6 Å². The molecule has 1 amide bonds. The molecule has 0 atom stereocenters. The molecule has 0 saturated heterocycles. The Labute approximate surface area is 219 Å². The van der Waals surface area contributed by atoms with E-state index < -0.39 is 0 Å². The predicted octanol–water partition coefficient (Wildman–Crippen LogP) is 6.85. The molecule has 1 N–H and O–H groups in total. The summed E-state index contributed by atoms with van der Waals surface area (Å²) in [6.07, 6.45) is 1.80. The smallest absolute Gasteiger partial charge is 0.234 e. The zero-order chi connectivity index (χ0) is 23.1. The molecular weight excluding hydrogens is 598 g/mol. The number of benzene rings is 2. The zero-order valence-corrected chi connectivity index (χ0v) is 22.6. The molecular formula is C22H21Cl2IN4OS2. The van der Waals surface area contributed by atoms with Gasteiger partial charge in [-0.25, -0.2) is 0 Å². The molecule has 168 valence electrons. The molecule has 0 saturated carbocycles. The fraction of sp³-hybridized carbons (Fsp3) is 0.227. The van der Waals surface area contributed by atoms with Crippen LogP contribution in [0.1, 0.15) is 17.0 Å². The van der Waals surface area contributed by atoms with Crippen molar-refractivity contribution < 1.29 is 4.79 Å². The van der Waals surface area contributed by atoms with Gasteiger partial charge in [-0.15, -0.1) is 28.5 Å². The Balaban J connectivity index is 1.58. The SMILES string of the molecule is C=CCn1c(CSCc2ccc(Cl)c(Cl)c2)nnc1SCC(=O)Nc1ccc(I)cc1C. The highest BCUT2D eigenvalue weighted by Crippen LogP contribution is 2.26. The van der Waals surface area contributed by atoms with Crippen molar-refractivity contribution in [1.29, 1.82) is 0 Å². The molecule has 3 aromatic rings. The molecule has 5 nitrogen and oxygen atoms in total. The number of nitrogens with one attached hydrogen (secondary N) is 1. The number of rotatable bonds is 10. The lowest BCUT2D eigenvalue weighted by atomic mass is 10.2. The average molecular weight is 619 g/mol. The maximum absolute atomic E-state index is 12.4. The van der Waals surface area contributed by atoms with Crippen LogP contribution in [0.25, 0.3) is 0 Å². The van der Waals surface area contributed by atoms with E-state index >= 15 is 0 Å². The number of amides is 1. The van der Waals surface area contributed by atoms with Crippen LogP contribution in [0.5, 0.6) is 0 Å². The molecule has 0 aliphatic carbocycles. The first-order valence-corrected chi connectivity index (χ1v) is 13.6. The Bertz CT molecular complexity index is 1120. The molecule has 0 spiro atoms. The van der Waals surface area contributed by atoms with Gasteiger partial charge in [0.2, 0.25) is 5.91 Å². The summed E-state index contributed by atoms with van der Waals surface area (Å²) in [5, 5.41) is 13.4. The lowest BCUT2D eigenvalue weighted by molar-refractivity contribution is -0.113. The van der Waals surface area contributed by atoms with Crippen LogP contribution in [0.2, 0.25) is 10.0 Å². The summed E-state index contributed by atoms with van der Waals surface area (Å²) in [6, 6.07) is 11.6. The van der Waals surface area contributed by atoms with Gasteiger partial charge < -0.3 is 9.88 Å². The zero-order valence-electron chi connectivity index (χ0n) is 17.3. The first-order chi connectivity index (χ1) is 15.4. The van der Waals surface area contributed by atoms with Crippen molar-refractivity contribution >= 4 is 80.9 Å². The number of hydrogen-bond acceptors (Lipinski definition) is 5. The van der Waals surface area contributed by atoms with Crippen molar-refractivity contribution in [3.8, 4) is 0 Å². The normalized spacial score (nSPS) is 10.9. The van der Waals surface area contributed by atoms with Crippen LogP contribution in [-0.4, -0.2) is 26.4 Å². The van der Waals surface area contributed by atoms with Gasteiger partial charge in [0.1, 0.15) is 5.82 Å². The van der Waals surface area contributed by atoms with Crippen LogP contribution in [0.15, 0.2) is 54.2 Å². The summed E-state index contributed by atoms with van der Waals surface area (Å²) in [6.45, 7) is 6.39. The second kappa shape index (κ2) is 12.3. The summed E-state index contributed by atoms with van der Waals surface area (Å²) in [5.74, 6) is 2.46. The van der Waals surface area contributed by atoms with Crippen LogP contribution in [-0.2, 0) is 22.8 Å². The molecule has 0 fully saturated rings. The van der Waals surface area contributed by atoms with Gasteiger partial charge in [-0.1, -0.05) is 47.1 Å². The Kier molecular flexibility index (Phi) is 9.78. The van der Waals surface area contributed by atoms with E-state index in [1.54, 1.807) is 23.9 Å². The van der Waals surface area contributed by atoms with E-state index in [0.717, 1.165) is 32.0 Å². The lowest BCUT2D eigenvalue weighted by Gasteiger charge is -2.10. The fourth-order valence-corrected chi connectivity index (χ4v) is 5.47. The largest absolute Gasteiger partial charge is 0.325 e. The molecule has 2 aromatic carbocycles. The highest BCUT2D eigenvalue weighted by atomic mass is 127. The van der Waals surface area contributed by atoms with Crippen LogP contribution in [0, 0.1) is 10.5 Å². The van der Waals surface area contributed by atoms with Crippen molar-refractivity contribution in [1.82, 2.24) is 14.8 Å². The number of aryl methyl sites for hydroxylation is 1. The Morgan fingerprint density at radius 2 is 2.00 bits per heavy atom. The van der Waals surface area contributed by atoms with Crippen LogP contribution in [0.4, 0.5) is 5.69 Å². The van der Waals surface area contributed by atoms with E-state index in [4.69, 9.17) is 23.2 Å². The summed E-state index contributed by atoms with van der Waals surface area (Å²) in [7, 11) is 0. The molecule has 32 heavy (non-hydrogen) atoms. The monoisotopic (exact) mass is 618 g/mol. The molecule has 0 aliphatic heterocycles. The highest BCUT2D eigenvalue weighted by Gasteiger charge is 2.14. The van der Waals surface area contributed by atoms with Gasteiger partial charge in [0, 0.05) is 21.6 Å². The van der Waals surface area contributed by atoms with Gasteiger partial charge in [0.25, 0.3) is 0 Å². The van der Waals surface area contributed by atoms with Gasteiger partial charge in [0.05, 0.1) is 21.6 Å². The van der Waals surface area contributed by atoms with Crippen molar-refractivity contribution in [2.75, 3.05) is 11.1 Å². The van der Waals surface area contributed by atoms with E-state index in [1.165, 1.54) is 11.8 Å². The fourth-order valence-electron chi connectivity index (χ4n) is 2.82. The molecule has 10 heteroatoms. The third kappa shape index (κ3) is 7.15. The Morgan fingerprint density at radius 1 is 1.19 bits per heavy atom. The molecule has 0 unspecified atom stereocenters. The minimum atomic E-state index is -0.0806. The number of nitrogens with zero attached hydrogens (tertiary/aromatic N) is 3. The topological polar surface area (TPSA) is 59.8 Å². The quantitative estimate of drug-likeness (QED) is 0.153. The van der Waals surface area contributed by atoms with Crippen LogP contribution < -0.4 is 5.32 Å². The third-order valence-electron chi connectivity index (χ3n) is 4.38. The maximum Gasteiger partial charge on any atom is 0.234 e. The van der Waals surface area contributed by atoms with Crippen LogP contribution >= 0.6 is 69.3 Å². The first kappa shape index (κ1) is 25.4. The van der Waals surface area contributed by atoms with E-state index in [1.807, 2.05) is 41.8 Å². The minimum absolute atomic E-state index is 0.0806. The number of allylic oxidation sites excluding steroid dienone is 1. The molecule has 0 aliphatic rings. The third-order valence-corrected chi connectivity index (χ3v) is 7.76. The predicted molar refractivity (Wildman–Crippen MR) is 145 cm³/mol. The lowest BCUT2D eigenvalue weighted by Crippen LogP contribution is -2.15. The number of carbonyl (C=O) groups is 1. The van der Waals surface area contributed by atoms with Gasteiger partial charge in [-0.2, -0.15) is 0 Å². The van der Waals surface area contributed by atoms with E-state index in [0.29, 0.717) is 27.5 Å². The van der Waals surface area contributed by atoms with Crippen molar-refractivity contribution in [2.45, 2.75) is 30.1 Å². The second-order valence-electron chi connectivity index (χ2n) is 6.84.